The fourth-order valence-electron chi connectivity index (χ4n) is 1.28. The molecular formula is C9H16BrN3. The summed E-state index contributed by atoms with van der Waals surface area (Å²) in [5.74, 6) is 0. The molecule has 0 spiro atoms. The molecule has 1 rings (SSSR count). The summed E-state index contributed by atoms with van der Waals surface area (Å²) in [6.45, 7) is 5.35. The first kappa shape index (κ1) is 10.7. The van der Waals surface area contributed by atoms with Crippen LogP contribution in [0.5, 0.6) is 0 Å². The van der Waals surface area contributed by atoms with Crippen LogP contribution >= 0.6 is 15.9 Å². The molecule has 0 atom stereocenters. The summed E-state index contributed by atoms with van der Waals surface area (Å²) in [6.07, 6.45) is 3.99. The van der Waals surface area contributed by atoms with E-state index in [0.29, 0.717) is 0 Å². The molecular weight excluding hydrogens is 230 g/mol. The van der Waals surface area contributed by atoms with Crippen molar-refractivity contribution in [1.29, 1.82) is 0 Å². The lowest BCUT2D eigenvalue weighted by molar-refractivity contribution is 0.299. The van der Waals surface area contributed by atoms with Crippen molar-refractivity contribution < 1.29 is 0 Å². The lowest BCUT2D eigenvalue weighted by Gasteiger charge is -2.17. The molecule has 1 aromatic heterocycles. The molecule has 3 nitrogen and oxygen atoms in total. The number of hydrogen-bond donors (Lipinski definition) is 0. The van der Waals surface area contributed by atoms with Crippen LogP contribution in [0.1, 0.15) is 12.5 Å². The van der Waals surface area contributed by atoms with Crippen LogP contribution in [0.2, 0.25) is 0 Å². The second-order valence-corrected chi connectivity index (χ2v) is 3.87. The predicted molar refractivity (Wildman–Crippen MR) is 58.0 cm³/mol. The van der Waals surface area contributed by atoms with E-state index in [1.54, 1.807) is 0 Å². The summed E-state index contributed by atoms with van der Waals surface area (Å²) in [4.78, 5) is 2.38. The molecule has 1 aromatic rings. The summed E-state index contributed by atoms with van der Waals surface area (Å²) >= 11 is 3.45. The van der Waals surface area contributed by atoms with E-state index in [0.717, 1.165) is 25.0 Å². The molecule has 13 heavy (non-hydrogen) atoms. The first-order chi connectivity index (χ1) is 6.26. The van der Waals surface area contributed by atoms with Crippen LogP contribution in [0.15, 0.2) is 12.4 Å². The Balaban J connectivity index is 2.46. The summed E-state index contributed by atoms with van der Waals surface area (Å²) < 4.78 is 1.84. The minimum absolute atomic E-state index is 0.996. The summed E-state index contributed by atoms with van der Waals surface area (Å²) in [5, 5.41) is 5.17. The maximum absolute atomic E-state index is 4.14. The smallest absolute Gasteiger partial charge is 0.0534 e. The zero-order valence-corrected chi connectivity index (χ0v) is 9.79. The summed E-state index contributed by atoms with van der Waals surface area (Å²) in [7, 11) is 1.95. The Hall–Kier alpha value is -0.350. The van der Waals surface area contributed by atoms with Crippen LogP contribution < -0.4 is 0 Å². The zero-order valence-electron chi connectivity index (χ0n) is 8.20. The lowest BCUT2D eigenvalue weighted by Crippen LogP contribution is -2.24. The quantitative estimate of drug-likeness (QED) is 0.736. The number of aromatic nitrogens is 2. The number of halogens is 1. The molecule has 0 aromatic carbocycles. The van der Waals surface area contributed by atoms with E-state index in [2.05, 4.69) is 39.0 Å². The van der Waals surface area contributed by atoms with Gasteiger partial charge >= 0.3 is 0 Å². The third kappa shape index (κ3) is 3.48. The van der Waals surface area contributed by atoms with Gasteiger partial charge in [0, 0.05) is 37.2 Å². The van der Waals surface area contributed by atoms with Gasteiger partial charge in [-0.1, -0.05) is 22.9 Å². The third-order valence-corrected chi connectivity index (χ3v) is 2.37. The van der Waals surface area contributed by atoms with Crippen molar-refractivity contribution in [2.45, 2.75) is 13.5 Å². The van der Waals surface area contributed by atoms with Gasteiger partial charge in [0.15, 0.2) is 0 Å². The standard InChI is InChI=1S/C9H16BrN3/c1-3-13(5-4-10)8-9-6-11-12(2)7-9/h6-7H,3-5,8H2,1-2H3. The van der Waals surface area contributed by atoms with Gasteiger partial charge in [-0.05, 0) is 6.54 Å². The first-order valence-electron chi connectivity index (χ1n) is 4.52. The van der Waals surface area contributed by atoms with Gasteiger partial charge in [0.05, 0.1) is 6.20 Å². The predicted octanol–water partition coefficient (Wildman–Crippen LogP) is 1.64. The molecule has 4 heteroatoms. The van der Waals surface area contributed by atoms with Crippen molar-refractivity contribution in [2.75, 3.05) is 18.4 Å². The van der Waals surface area contributed by atoms with Gasteiger partial charge in [0.1, 0.15) is 0 Å². The molecule has 0 N–H and O–H groups in total. The summed E-state index contributed by atoms with van der Waals surface area (Å²) in [6, 6.07) is 0. The highest BCUT2D eigenvalue weighted by atomic mass is 79.9. The Labute approximate surface area is 87.9 Å². The van der Waals surface area contributed by atoms with E-state index in [1.807, 2.05) is 17.9 Å². The molecule has 0 amide bonds. The molecule has 0 saturated heterocycles. The number of rotatable bonds is 5. The van der Waals surface area contributed by atoms with Crippen molar-refractivity contribution in [3.05, 3.63) is 18.0 Å². The van der Waals surface area contributed by atoms with E-state index in [9.17, 15) is 0 Å². The number of hydrogen-bond acceptors (Lipinski definition) is 2. The van der Waals surface area contributed by atoms with Crippen molar-refractivity contribution in [3.63, 3.8) is 0 Å². The van der Waals surface area contributed by atoms with E-state index in [1.165, 1.54) is 5.56 Å². The minimum Gasteiger partial charge on any atom is -0.298 e. The fourth-order valence-corrected chi connectivity index (χ4v) is 1.78. The van der Waals surface area contributed by atoms with Gasteiger partial charge in [0.25, 0.3) is 0 Å². The van der Waals surface area contributed by atoms with E-state index in [-0.39, 0.29) is 0 Å². The van der Waals surface area contributed by atoms with E-state index < -0.39 is 0 Å². The second kappa shape index (κ2) is 5.40. The fraction of sp³-hybridized carbons (Fsp3) is 0.667. The molecule has 0 bridgehead atoms. The highest BCUT2D eigenvalue weighted by molar-refractivity contribution is 9.09. The molecule has 0 saturated carbocycles. The molecule has 0 aliphatic rings. The van der Waals surface area contributed by atoms with Crippen LogP contribution in [0, 0.1) is 0 Å². The number of alkyl halides is 1. The van der Waals surface area contributed by atoms with Crippen molar-refractivity contribution in [1.82, 2.24) is 14.7 Å². The molecule has 0 unspecified atom stereocenters. The number of aryl methyl sites for hydroxylation is 1. The number of nitrogens with zero attached hydrogens (tertiary/aromatic N) is 3. The zero-order chi connectivity index (χ0) is 9.68. The molecule has 1 heterocycles. The van der Waals surface area contributed by atoms with Gasteiger partial charge < -0.3 is 0 Å². The Bertz CT molecular complexity index is 247. The van der Waals surface area contributed by atoms with Gasteiger partial charge in [-0.2, -0.15) is 5.10 Å². The van der Waals surface area contributed by atoms with Gasteiger partial charge in [-0.3, -0.25) is 9.58 Å². The topological polar surface area (TPSA) is 21.1 Å². The average Bonchev–Trinajstić information content (AvgIpc) is 2.50. The van der Waals surface area contributed by atoms with Crippen LogP contribution in [-0.4, -0.2) is 33.1 Å². The Morgan fingerprint density at radius 2 is 2.38 bits per heavy atom. The highest BCUT2D eigenvalue weighted by Gasteiger charge is 2.03. The minimum atomic E-state index is 0.996. The maximum atomic E-state index is 4.14. The molecule has 0 aliphatic heterocycles. The van der Waals surface area contributed by atoms with Crippen molar-refractivity contribution >= 4 is 15.9 Å². The largest absolute Gasteiger partial charge is 0.298 e. The first-order valence-corrected chi connectivity index (χ1v) is 5.64. The van der Waals surface area contributed by atoms with Crippen molar-refractivity contribution in [3.8, 4) is 0 Å². The normalized spacial score (nSPS) is 11.1. The van der Waals surface area contributed by atoms with Crippen molar-refractivity contribution in [2.24, 2.45) is 7.05 Å². The third-order valence-electron chi connectivity index (χ3n) is 2.01. The van der Waals surface area contributed by atoms with Crippen LogP contribution in [0.3, 0.4) is 0 Å². The molecule has 0 radical (unpaired) electrons. The van der Waals surface area contributed by atoms with E-state index in [4.69, 9.17) is 0 Å². The van der Waals surface area contributed by atoms with Crippen LogP contribution in [0.4, 0.5) is 0 Å². The van der Waals surface area contributed by atoms with E-state index >= 15 is 0 Å². The van der Waals surface area contributed by atoms with Crippen LogP contribution in [0.25, 0.3) is 0 Å². The van der Waals surface area contributed by atoms with Crippen LogP contribution in [-0.2, 0) is 13.6 Å². The SMILES string of the molecule is CCN(CCBr)Cc1cnn(C)c1. The Morgan fingerprint density at radius 3 is 2.85 bits per heavy atom. The van der Waals surface area contributed by atoms with Gasteiger partial charge in [-0.25, -0.2) is 0 Å². The van der Waals surface area contributed by atoms with Gasteiger partial charge in [0.2, 0.25) is 0 Å². The lowest BCUT2D eigenvalue weighted by atomic mass is 10.3. The summed E-state index contributed by atoms with van der Waals surface area (Å²) in [5.41, 5.74) is 1.28. The average molecular weight is 246 g/mol. The van der Waals surface area contributed by atoms with Gasteiger partial charge in [-0.15, -0.1) is 0 Å². The Kier molecular flexibility index (Phi) is 4.45. The Morgan fingerprint density at radius 1 is 1.62 bits per heavy atom. The second-order valence-electron chi connectivity index (χ2n) is 3.08. The molecule has 74 valence electrons. The monoisotopic (exact) mass is 245 g/mol. The molecule has 0 aliphatic carbocycles. The molecule has 0 fully saturated rings. The highest BCUT2D eigenvalue weighted by Crippen LogP contribution is 2.02. The maximum Gasteiger partial charge on any atom is 0.0534 e.